The number of amides is 1. The van der Waals surface area contributed by atoms with E-state index in [4.69, 9.17) is 4.42 Å². The van der Waals surface area contributed by atoms with Crippen LogP contribution in [0.2, 0.25) is 0 Å². The maximum Gasteiger partial charge on any atom is 0.222 e. The molecule has 2 aromatic rings. The highest BCUT2D eigenvalue weighted by Crippen LogP contribution is 2.31. The summed E-state index contributed by atoms with van der Waals surface area (Å²) in [6, 6.07) is 8.47. The summed E-state index contributed by atoms with van der Waals surface area (Å²) in [5.74, 6) is 2.44. The molecule has 4 heterocycles. The Bertz CT molecular complexity index is 764. The van der Waals surface area contributed by atoms with Gasteiger partial charge in [-0.15, -0.1) is 0 Å². The molecular weight excluding hydrogens is 364 g/mol. The van der Waals surface area contributed by atoms with E-state index in [1.54, 1.807) is 11.2 Å². The molecule has 2 saturated heterocycles. The van der Waals surface area contributed by atoms with Crippen molar-refractivity contribution < 1.29 is 9.21 Å². The van der Waals surface area contributed by atoms with E-state index in [2.05, 4.69) is 21.3 Å². The number of nitrogens with zero attached hydrogens (tertiary/aromatic N) is 3. The van der Waals surface area contributed by atoms with E-state index in [9.17, 15) is 4.79 Å². The molecule has 2 bridgehead atoms. The number of likely N-dealkylation sites (tertiary alicyclic amines) is 1. The van der Waals surface area contributed by atoms with Crippen LogP contribution < -0.4 is 5.32 Å². The second kappa shape index (κ2) is 9.55. The Hall–Kier alpha value is -2.18. The average molecular weight is 397 g/mol. The Balaban J connectivity index is 1.22. The summed E-state index contributed by atoms with van der Waals surface area (Å²) in [7, 11) is 1.85. The fourth-order valence-electron chi connectivity index (χ4n) is 4.88. The first-order valence-electron chi connectivity index (χ1n) is 10.8. The predicted octanol–water partition coefficient (Wildman–Crippen LogP) is 2.91. The molecule has 1 amide bonds. The van der Waals surface area contributed by atoms with Crippen LogP contribution in [0.5, 0.6) is 0 Å². The molecule has 2 fully saturated rings. The Morgan fingerprint density at radius 3 is 3.07 bits per heavy atom. The molecular formula is C23H32N4O2. The number of fused-ring (bicyclic) bond motifs is 2. The number of rotatable bonds is 8. The van der Waals surface area contributed by atoms with Crippen molar-refractivity contribution in [1.29, 1.82) is 0 Å². The van der Waals surface area contributed by atoms with E-state index < -0.39 is 0 Å². The maximum absolute atomic E-state index is 12.4. The quantitative estimate of drug-likeness (QED) is 0.743. The summed E-state index contributed by atoms with van der Waals surface area (Å²) in [5, 5.41) is 3.77. The highest BCUT2D eigenvalue weighted by atomic mass is 16.3. The first-order chi connectivity index (χ1) is 14.2. The molecule has 2 aliphatic rings. The molecule has 2 unspecified atom stereocenters. The molecule has 0 aliphatic carbocycles. The summed E-state index contributed by atoms with van der Waals surface area (Å²) >= 11 is 0. The minimum Gasteiger partial charge on any atom is -0.467 e. The number of furan rings is 1. The van der Waals surface area contributed by atoms with Gasteiger partial charge in [-0.25, -0.2) is 0 Å². The lowest BCUT2D eigenvalue weighted by Crippen LogP contribution is -2.55. The van der Waals surface area contributed by atoms with Crippen molar-refractivity contribution in [3.63, 3.8) is 0 Å². The third-order valence-electron chi connectivity index (χ3n) is 6.32. The van der Waals surface area contributed by atoms with Crippen molar-refractivity contribution >= 4 is 5.91 Å². The number of piperidine rings is 2. The first-order valence-corrected chi connectivity index (χ1v) is 10.8. The second-order valence-electron chi connectivity index (χ2n) is 8.65. The zero-order valence-corrected chi connectivity index (χ0v) is 17.3. The van der Waals surface area contributed by atoms with E-state index in [1.807, 2.05) is 37.6 Å². The van der Waals surface area contributed by atoms with Gasteiger partial charge in [0.2, 0.25) is 5.91 Å². The van der Waals surface area contributed by atoms with Crippen molar-refractivity contribution in [3.8, 4) is 0 Å². The van der Waals surface area contributed by atoms with Crippen LogP contribution in [-0.2, 0) is 17.9 Å². The zero-order valence-electron chi connectivity index (χ0n) is 17.3. The van der Waals surface area contributed by atoms with E-state index in [-0.39, 0.29) is 5.91 Å². The van der Waals surface area contributed by atoms with E-state index >= 15 is 0 Å². The fourth-order valence-corrected chi connectivity index (χ4v) is 4.88. The van der Waals surface area contributed by atoms with Crippen LogP contribution in [0.1, 0.15) is 37.0 Å². The van der Waals surface area contributed by atoms with Crippen LogP contribution in [0.3, 0.4) is 0 Å². The Labute approximate surface area is 173 Å². The van der Waals surface area contributed by atoms with Crippen LogP contribution >= 0.6 is 0 Å². The fraction of sp³-hybridized carbons (Fsp3) is 0.565. The monoisotopic (exact) mass is 396 g/mol. The number of pyridine rings is 1. The molecule has 1 N–H and O–H groups in total. The Kier molecular flexibility index (Phi) is 6.62. The first kappa shape index (κ1) is 20.1. The van der Waals surface area contributed by atoms with E-state index in [0.717, 1.165) is 44.2 Å². The lowest BCUT2D eigenvalue weighted by Gasteiger charge is -2.46. The summed E-state index contributed by atoms with van der Waals surface area (Å²) in [6.45, 7) is 4.93. The minimum atomic E-state index is 0.192. The van der Waals surface area contributed by atoms with Crippen LogP contribution in [0.4, 0.5) is 0 Å². The number of nitrogens with one attached hydrogen (secondary N) is 1. The van der Waals surface area contributed by atoms with Crippen molar-refractivity contribution in [2.24, 2.45) is 11.8 Å². The largest absolute Gasteiger partial charge is 0.467 e. The molecule has 0 aromatic carbocycles. The van der Waals surface area contributed by atoms with E-state index in [1.165, 1.54) is 18.5 Å². The SMILES string of the molecule is CN(Cc1ccco1)C(=O)CCC[C@H]1NCC2CC1CN(Cc1cccnc1)C2. The maximum atomic E-state index is 12.4. The average Bonchev–Trinajstić information content (AvgIpc) is 3.23. The smallest absolute Gasteiger partial charge is 0.222 e. The number of aromatic nitrogens is 1. The third-order valence-corrected chi connectivity index (χ3v) is 6.32. The molecule has 2 aromatic heterocycles. The van der Waals surface area contributed by atoms with Crippen LogP contribution in [0, 0.1) is 11.8 Å². The molecule has 29 heavy (non-hydrogen) atoms. The van der Waals surface area contributed by atoms with Crippen LogP contribution in [0.25, 0.3) is 0 Å². The third kappa shape index (κ3) is 5.46. The molecule has 6 nitrogen and oxygen atoms in total. The zero-order chi connectivity index (χ0) is 20.1. The van der Waals surface area contributed by atoms with Crippen molar-refractivity contribution in [1.82, 2.24) is 20.1 Å². The van der Waals surface area contributed by atoms with Gasteiger partial charge in [-0.1, -0.05) is 6.07 Å². The van der Waals surface area contributed by atoms with Gasteiger partial charge in [0.15, 0.2) is 0 Å². The van der Waals surface area contributed by atoms with Crippen molar-refractivity contribution in [2.75, 3.05) is 26.7 Å². The van der Waals surface area contributed by atoms with Crippen LogP contribution in [-0.4, -0.2) is 53.4 Å². The topological polar surface area (TPSA) is 61.6 Å². The standard InChI is InChI=1S/C23H32N4O2/c1-26(17-21-6-4-10-29-21)23(28)8-2-7-22-20-11-19(13-25-22)15-27(16-20)14-18-5-3-9-24-12-18/h3-6,9-10,12,19-20,22,25H,2,7-8,11,13-17H2,1H3/t19?,20?,22-/m1/s1. The number of carbonyl (C=O) groups is 1. The Morgan fingerprint density at radius 2 is 2.28 bits per heavy atom. The second-order valence-corrected chi connectivity index (χ2v) is 8.65. The minimum absolute atomic E-state index is 0.192. The highest BCUT2D eigenvalue weighted by molar-refractivity contribution is 5.75. The van der Waals surface area contributed by atoms with Crippen molar-refractivity contribution in [3.05, 3.63) is 54.2 Å². The molecule has 6 heteroatoms. The normalized spacial score (nSPS) is 24.4. The number of carbonyl (C=O) groups excluding carboxylic acids is 1. The molecule has 2 aliphatic heterocycles. The molecule has 4 rings (SSSR count). The molecule has 156 valence electrons. The molecule has 3 atom stereocenters. The van der Waals surface area contributed by atoms with Crippen molar-refractivity contribution in [2.45, 2.75) is 44.8 Å². The summed E-state index contributed by atoms with van der Waals surface area (Å²) in [4.78, 5) is 21.0. The summed E-state index contributed by atoms with van der Waals surface area (Å²) < 4.78 is 5.34. The van der Waals surface area contributed by atoms with Gasteiger partial charge >= 0.3 is 0 Å². The summed E-state index contributed by atoms with van der Waals surface area (Å²) in [5.41, 5.74) is 1.29. The van der Waals surface area contributed by atoms with Gasteiger partial charge in [0.1, 0.15) is 5.76 Å². The molecule has 0 radical (unpaired) electrons. The molecule has 0 spiro atoms. The van der Waals surface area contributed by atoms with Gasteiger partial charge in [-0.3, -0.25) is 14.7 Å². The van der Waals surface area contributed by atoms with Gasteiger partial charge in [-0.2, -0.15) is 0 Å². The Morgan fingerprint density at radius 1 is 1.34 bits per heavy atom. The lowest BCUT2D eigenvalue weighted by atomic mass is 9.79. The molecule has 0 saturated carbocycles. The highest BCUT2D eigenvalue weighted by Gasteiger charge is 2.36. The number of hydrogen-bond donors (Lipinski definition) is 1. The lowest BCUT2D eigenvalue weighted by molar-refractivity contribution is -0.130. The predicted molar refractivity (Wildman–Crippen MR) is 112 cm³/mol. The van der Waals surface area contributed by atoms with Crippen LogP contribution in [0.15, 0.2) is 47.3 Å². The van der Waals surface area contributed by atoms with Gasteiger partial charge in [0.05, 0.1) is 12.8 Å². The van der Waals surface area contributed by atoms with Gasteiger partial charge < -0.3 is 14.6 Å². The van der Waals surface area contributed by atoms with Gasteiger partial charge in [-0.05, 0) is 61.4 Å². The number of hydrogen-bond acceptors (Lipinski definition) is 5. The summed E-state index contributed by atoms with van der Waals surface area (Å²) in [6.07, 6.45) is 9.38. The van der Waals surface area contributed by atoms with Gasteiger partial charge in [0.25, 0.3) is 0 Å². The van der Waals surface area contributed by atoms with E-state index in [0.29, 0.717) is 24.9 Å². The van der Waals surface area contributed by atoms with Gasteiger partial charge in [0, 0.05) is 51.5 Å².